The molecular formula is C13H24N2O3S. The number of carbonyl (C=O) groups is 2. The molecule has 0 spiro atoms. The summed E-state index contributed by atoms with van der Waals surface area (Å²) in [6, 6.07) is -0.413. The molecule has 0 aromatic rings. The van der Waals surface area contributed by atoms with Crippen LogP contribution in [0.2, 0.25) is 0 Å². The second kappa shape index (κ2) is 7.62. The highest BCUT2D eigenvalue weighted by atomic mass is 32.2. The molecule has 19 heavy (non-hydrogen) atoms. The Bertz CT molecular complexity index is 325. The first-order chi connectivity index (χ1) is 8.93. The largest absolute Gasteiger partial charge is 0.481 e. The summed E-state index contributed by atoms with van der Waals surface area (Å²) in [5.74, 6) is -0.373. The predicted molar refractivity (Wildman–Crippen MR) is 77.5 cm³/mol. The summed E-state index contributed by atoms with van der Waals surface area (Å²) in [7, 11) is 0. The lowest BCUT2D eigenvalue weighted by Crippen LogP contribution is -2.47. The summed E-state index contributed by atoms with van der Waals surface area (Å²) in [5.41, 5.74) is 0. The molecule has 6 heteroatoms. The minimum absolute atomic E-state index is 0.219. The van der Waals surface area contributed by atoms with Crippen LogP contribution in [0.5, 0.6) is 0 Å². The third-order valence-corrected chi connectivity index (χ3v) is 4.85. The average molecular weight is 288 g/mol. The van der Waals surface area contributed by atoms with Crippen LogP contribution in [0, 0.1) is 5.92 Å². The number of hydrogen-bond donors (Lipinski definition) is 3. The van der Waals surface area contributed by atoms with E-state index in [-0.39, 0.29) is 18.1 Å². The van der Waals surface area contributed by atoms with Crippen LogP contribution in [0.1, 0.15) is 40.0 Å². The monoisotopic (exact) mass is 288 g/mol. The fourth-order valence-electron chi connectivity index (χ4n) is 2.23. The van der Waals surface area contributed by atoms with E-state index in [1.807, 2.05) is 11.8 Å². The first kappa shape index (κ1) is 16.1. The predicted octanol–water partition coefficient (Wildman–Crippen LogP) is 2.07. The van der Waals surface area contributed by atoms with Crippen LogP contribution < -0.4 is 10.6 Å². The molecule has 1 fully saturated rings. The highest BCUT2D eigenvalue weighted by molar-refractivity contribution is 7.99. The van der Waals surface area contributed by atoms with E-state index < -0.39 is 11.9 Å². The Morgan fingerprint density at radius 3 is 2.63 bits per heavy atom. The maximum atomic E-state index is 11.8. The average Bonchev–Trinajstić information content (AvgIpc) is 2.75. The number of urea groups is 1. The number of carbonyl (C=O) groups excluding carboxylic acids is 1. The molecule has 0 bridgehead atoms. The van der Waals surface area contributed by atoms with Crippen LogP contribution in [-0.2, 0) is 4.79 Å². The molecule has 0 aromatic carbocycles. The zero-order valence-electron chi connectivity index (χ0n) is 11.8. The van der Waals surface area contributed by atoms with Gasteiger partial charge in [-0.15, -0.1) is 0 Å². The van der Waals surface area contributed by atoms with Gasteiger partial charge in [-0.05, 0) is 38.9 Å². The van der Waals surface area contributed by atoms with Gasteiger partial charge in [0.25, 0.3) is 0 Å². The van der Waals surface area contributed by atoms with Gasteiger partial charge in [-0.1, -0.05) is 6.92 Å². The van der Waals surface area contributed by atoms with Gasteiger partial charge in [0.15, 0.2) is 0 Å². The van der Waals surface area contributed by atoms with E-state index in [0.717, 1.165) is 25.0 Å². The van der Waals surface area contributed by atoms with Gasteiger partial charge >= 0.3 is 12.0 Å². The number of rotatable bonds is 6. The Morgan fingerprint density at radius 2 is 2.05 bits per heavy atom. The van der Waals surface area contributed by atoms with Crippen molar-refractivity contribution in [3.05, 3.63) is 0 Å². The van der Waals surface area contributed by atoms with Gasteiger partial charge in [-0.2, -0.15) is 11.8 Å². The van der Waals surface area contributed by atoms with Crippen LogP contribution >= 0.6 is 11.8 Å². The number of nitrogens with one attached hydrogen (secondary N) is 2. The Hall–Kier alpha value is -0.910. The molecule has 0 aromatic heterocycles. The number of aliphatic carboxylic acids is 1. The van der Waals surface area contributed by atoms with Crippen LogP contribution in [-0.4, -0.2) is 40.2 Å². The molecule has 1 rings (SSSR count). The van der Waals surface area contributed by atoms with Gasteiger partial charge in [0.05, 0.1) is 5.92 Å². The molecular weight excluding hydrogens is 264 g/mol. The molecule has 2 amide bonds. The van der Waals surface area contributed by atoms with E-state index >= 15 is 0 Å². The van der Waals surface area contributed by atoms with Gasteiger partial charge < -0.3 is 15.7 Å². The molecule has 1 aliphatic carbocycles. The third kappa shape index (κ3) is 5.30. The maximum absolute atomic E-state index is 11.8. The van der Waals surface area contributed by atoms with E-state index in [4.69, 9.17) is 5.11 Å². The highest BCUT2D eigenvalue weighted by Crippen LogP contribution is 2.29. The minimum atomic E-state index is -0.895. The van der Waals surface area contributed by atoms with Crippen molar-refractivity contribution in [2.24, 2.45) is 5.92 Å². The summed E-state index contributed by atoms with van der Waals surface area (Å²) < 4.78 is 0. The summed E-state index contributed by atoms with van der Waals surface area (Å²) in [4.78, 5) is 22.6. The zero-order chi connectivity index (χ0) is 14.4. The lowest BCUT2D eigenvalue weighted by molar-refractivity contribution is -0.141. The SMILES string of the molecule is CCSC1CCC(NC(=O)NC(C)C(C)C(=O)O)C1. The minimum Gasteiger partial charge on any atom is -0.481 e. The standard InChI is InChI=1S/C13H24N2O3S/c1-4-19-11-6-5-10(7-11)15-13(18)14-9(3)8(2)12(16)17/h8-11H,4-7H2,1-3H3,(H,16,17)(H2,14,15,18). The zero-order valence-corrected chi connectivity index (χ0v) is 12.6. The van der Waals surface area contributed by atoms with Gasteiger partial charge in [0.1, 0.15) is 0 Å². The van der Waals surface area contributed by atoms with E-state index in [1.54, 1.807) is 13.8 Å². The fourth-order valence-corrected chi connectivity index (χ4v) is 3.37. The smallest absolute Gasteiger partial charge is 0.315 e. The van der Waals surface area contributed by atoms with Crippen molar-refractivity contribution in [3.8, 4) is 0 Å². The Morgan fingerprint density at radius 1 is 1.37 bits per heavy atom. The van der Waals surface area contributed by atoms with Crippen LogP contribution in [0.4, 0.5) is 4.79 Å². The number of carboxylic acids is 1. The number of hydrogen-bond acceptors (Lipinski definition) is 3. The summed E-state index contributed by atoms with van der Waals surface area (Å²) in [5, 5.41) is 15.1. The lowest BCUT2D eigenvalue weighted by atomic mass is 10.0. The van der Waals surface area contributed by atoms with Gasteiger partial charge in [0, 0.05) is 17.3 Å². The fraction of sp³-hybridized carbons (Fsp3) is 0.846. The van der Waals surface area contributed by atoms with Crippen molar-refractivity contribution in [2.75, 3.05) is 5.75 Å². The molecule has 1 saturated carbocycles. The van der Waals surface area contributed by atoms with E-state index in [0.29, 0.717) is 5.25 Å². The molecule has 1 aliphatic rings. The van der Waals surface area contributed by atoms with E-state index in [1.165, 1.54) is 0 Å². The Balaban J connectivity index is 2.30. The quantitative estimate of drug-likeness (QED) is 0.699. The topological polar surface area (TPSA) is 78.4 Å². The van der Waals surface area contributed by atoms with E-state index in [9.17, 15) is 9.59 Å². The third-order valence-electron chi connectivity index (χ3n) is 3.62. The van der Waals surface area contributed by atoms with Crippen LogP contribution in [0.3, 0.4) is 0 Å². The van der Waals surface area contributed by atoms with Crippen molar-refractivity contribution in [1.29, 1.82) is 0 Å². The van der Waals surface area contributed by atoms with Crippen molar-refractivity contribution in [3.63, 3.8) is 0 Å². The molecule has 0 aliphatic heterocycles. The molecule has 3 N–H and O–H groups in total. The normalized spacial score (nSPS) is 25.6. The Kier molecular flexibility index (Phi) is 6.48. The number of amides is 2. The van der Waals surface area contributed by atoms with Crippen LogP contribution in [0.15, 0.2) is 0 Å². The van der Waals surface area contributed by atoms with Crippen molar-refractivity contribution in [2.45, 2.75) is 57.4 Å². The molecule has 110 valence electrons. The molecule has 4 unspecified atom stereocenters. The summed E-state index contributed by atoms with van der Waals surface area (Å²) in [6.07, 6.45) is 3.16. The highest BCUT2D eigenvalue weighted by Gasteiger charge is 2.27. The van der Waals surface area contributed by atoms with Crippen molar-refractivity contribution >= 4 is 23.8 Å². The lowest BCUT2D eigenvalue weighted by Gasteiger charge is -2.20. The van der Waals surface area contributed by atoms with Crippen molar-refractivity contribution < 1.29 is 14.7 Å². The van der Waals surface area contributed by atoms with Crippen LogP contribution in [0.25, 0.3) is 0 Å². The second-order valence-electron chi connectivity index (χ2n) is 5.12. The first-order valence-corrected chi connectivity index (χ1v) is 7.90. The second-order valence-corrected chi connectivity index (χ2v) is 6.70. The number of thioether (sulfide) groups is 1. The van der Waals surface area contributed by atoms with Crippen molar-refractivity contribution in [1.82, 2.24) is 10.6 Å². The summed E-state index contributed by atoms with van der Waals surface area (Å²) >= 11 is 1.94. The van der Waals surface area contributed by atoms with Gasteiger partial charge in [0.2, 0.25) is 0 Å². The van der Waals surface area contributed by atoms with E-state index in [2.05, 4.69) is 17.6 Å². The number of carboxylic acid groups (broad SMARTS) is 1. The molecule has 4 atom stereocenters. The Labute approximate surface area is 118 Å². The molecule has 0 radical (unpaired) electrons. The van der Waals surface area contributed by atoms with Gasteiger partial charge in [-0.3, -0.25) is 4.79 Å². The maximum Gasteiger partial charge on any atom is 0.315 e. The summed E-state index contributed by atoms with van der Waals surface area (Å²) in [6.45, 7) is 5.45. The van der Waals surface area contributed by atoms with Gasteiger partial charge in [-0.25, -0.2) is 4.79 Å². The first-order valence-electron chi connectivity index (χ1n) is 6.85. The molecule has 0 saturated heterocycles. The molecule has 5 nitrogen and oxygen atoms in total. The molecule has 0 heterocycles.